The Morgan fingerprint density at radius 1 is 1.15 bits per heavy atom. The molecule has 2 rings (SSSR count). The lowest BCUT2D eigenvalue weighted by molar-refractivity contribution is 0.00252. The summed E-state index contributed by atoms with van der Waals surface area (Å²) < 4.78 is 5.71. The van der Waals surface area contributed by atoms with Crippen LogP contribution in [0.5, 0.6) is 0 Å². The molecule has 116 valence electrons. The number of hydrogen-bond donors (Lipinski definition) is 2. The van der Waals surface area contributed by atoms with Crippen molar-refractivity contribution < 1.29 is 9.53 Å². The Kier molecular flexibility index (Phi) is 5.66. The van der Waals surface area contributed by atoms with Crippen molar-refractivity contribution in [3.8, 4) is 0 Å². The molecule has 1 amide bonds. The summed E-state index contributed by atoms with van der Waals surface area (Å²) in [5, 5.41) is 6.63. The normalized spacial score (nSPS) is 21.8. The third kappa shape index (κ3) is 4.94. The number of nitrogens with zero attached hydrogens (tertiary/aromatic N) is 1. The number of carbonyl (C=O) groups is 1. The number of hydrogen-bond acceptors (Lipinski definition) is 4. The summed E-state index contributed by atoms with van der Waals surface area (Å²) in [6.45, 7) is 9.57. The molecule has 0 spiro atoms. The van der Waals surface area contributed by atoms with E-state index in [0.717, 1.165) is 58.0 Å². The lowest BCUT2D eigenvalue weighted by atomic mass is 9.89. The first kappa shape index (κ1) is 15.6. The van der Waals surface area contributed by atoms with Gasteiger partial charge in [-0.2, -0.15) is 0 Å². The van der Waals surface area contributed by atoms with Gasteiger partial charge in [0.1, 0.15) is 5.60 Å². The Morgan fingerprint density at radius 2 is 1.75 bits per heavy atom. The van der Waals surface area contributed by atoms with Gasteiger partial charge in [-0.15, -0.1) is 0 Å². The van der Waals surface area contributed by atoms with E-state index in [1.165, 1.54) is 12.8 Å². The summed E-state index contributed by atoms with van der Waals surface area (Å²) in [5.41, 5.74) is -0.354. The van der Waals surface area contributed by atoms with Crippen molar-refractivity contribution in [2.24, 2.45) is 5.92 Å². The van der Waals surface area contributed by atoms with Crippen LogP contribution < -0.4 is 10.6 Å². The monoisotopic (exact) mass is 283 g/mol. The Balaban J connectivity index is 1.72. The van der Waals surface area contributed by atoms with Crippen molar-refractivity contribution in [3.63, 3.8) is 0 Å². The van der Waals surface area contributed by atoms with Crippen LogP contribution in [0.2, 0.25) is 0 Å². The zero-order valence-electron chi connectivity index (χ0n) is 12.9. The zero-order valence-corrected chi connectivity index (χ0v) is 12.9. The van der Waals surface area contributed by atoms with E-state index in [0.29, 0.717) is 0 Å². The number of carbonyl (C=O) groups excluding carboxylic acids is 1. The topological polar surface area (TPSA) is 53.6 Å². The van der Waals surface area contributed by atoms with E-state index in [1.54, 1.807) is 0 Å². The molecule has 2 saturated heterocycles. The molecule has 5 heteroatoms. The molecule has 0 aromatic carbocycles. The van der Waals surface area contributed by atoms with Crippen LogP contribution in [0, 0.1) is 5.92 Å². The van der Waals surface area contributed by atoms with E-state index >= 15 is 0 Å². The van der Waals surface area contributed by atoms with Crippen LogP contribution in [0.4, 0.5) is 4.79 Å². The fraction of sp³-hybridized carbons (Fsp3) is 0.933. The lowest BCUT2D eigenvalue weighted by Gasteiger charge is -2.33. The average molecular weight is 283 g/mol. The molecular formula is C15H29N3O2. The summed E-state index contributed by atoms with van der Waals surface area (Å²) >= 11 is 0. The molecule has 0 aromatic rings. The van der Waals surface area contributed by atoms with Crippen LogP contribution in [-0.4, -0.2) is 55.9 Å². The first-order valence-electron chi connectivity index (χ1n) is 7.96. The van der Waals surface area contributed by atoms with Crippen LogP contribution in [0.15, 0.2) is 0 Å². The minimum absolute atomic E-state index is 0.151. The van der Waals surface area contributed by atoms with Crippen molar-refractivity contribution >= 4 is 6.09 Å². The highest BCUT2D eigenvalue weighted by Gasteiger charge is 2.28. The maximum absolute atomic E-state index is 12.1. The summed E-state index contributed by atoms with van der Waals surface area (Å²) in [5.74, 6) is 0.786. The van der Waals surface area contributed by atoms with Gasteiger partial charge in [-0.05, 0) is 58.5 Å². The molecule has 0 aliphatic carbocycles. The van der Waals surface area contributed by atoms with Crippen LogP contribution >= 0.6 is 0 Å². The predicted molar refractivity (Wildman–Crippen MR) is 79.8 cm³/mol. The predicted octanol–water partition coefficient (Wildman–Crippen LogP) is 1.59. The van der Waals surface area contributed by atoms with E-state index in [-0.39, 0.29) is 11.7 Å². The number of ether oxygens (including phenoxy) is 1. The molecule has 0 saturated carbocycles. The van der Waals surface area contributed by atoms with Gasteiger partial charge in [0.05, 0.1) is 0 Å². The molecule has 2 fully saturated rings. The van der Waals surface area contributed by atoms with Gasteiger partial charge in [0.2, 0.25) is 0 Å². The van der Waals surface area contributed by atoms with Gasteiger partial charge < -0.3 is 20.3 Å². The van der Waals surface area contributed by atoms with Crippen molar-refractivity contribution in [1.29, 1.82) is 0 Å². The van der Waals surface area contributed by atoms with Crippen LogP contribution in [0.25, 0.3) is 0 Å². The van der Waals surface area contributed by atoms with E-state index in [2.05, 4.69) is 10.6 Å². The lowest BCUT2D eigenvalue weighted by Crippen LogP contribution is -2.48. The minimum atomic E-state index is -0.354. The maximum atomic E-state index is 12.1. The van der Waals surface area contributed by atoms with Gasteiger partial charge in [-0.25, -0.2) is 4.79 Å². The quantitative estimate of drug-likeness (QED) is 0.822. The fourth-order valence-corrected chi connectivity index (χ4v) is 2.92. The van der Waals surface area contributed by atoms with Gasteiger partial charge in [-0.3, -0.25) is 0 Å². The highest BCUT2D eigenvalue weighted by atomic mass is 16.6. The summed E-state index contributed by atoms with van der Waals surface area (Å²) in [4.78, 5) is 13.9. The first-order valence-corrected chi connectivity index (χ1v) is 7.96. The average Bonchev–Trinajstić information content (AvgIpc) is 2.47. The molecule has 20 heavy (non-hydrogen) atoms. The largest absolute Gasteiger partial charge is 0.443 e. The summed E-state index contributed by atoms with van der Waals surface area (Å²) in [7, 11) is 0. The highest BCUT2D eigenvalue weighted by molar-refractivity contribution is 5.68. The SMILES string of the molecule is CC(C)(CCC1CCNCC1)OC(=O)N1CCNCC1. The van der Waals surface area contributed by atoms with Crippen LogP contribution in [0.1, 0.15) is 39.5 Å². The summed E-state index contributed by atoms with van der Waals surface area (Å²) in [6.07, 6.45) is 4.46. The van der Waals surface area contributed by atoms with Crippen molar-refractivity contribution in [3.05, 3.63) is 0 Å². The second-order valence-corrected chi connectivity index (χ2v) is 6.60. The molecule has 2 aliphatic rings. The molecule has 0 unspecified atom stereocenters. The van der Waals surface area contributed by atoms with Gasteiger partial charge >= 0.3 is 6.09 Å². The van der Waals surface area contributed by atoms with Crippen LogP contribution in [0.3, 0.4) is 0 Å². The Hall–Kier alpha value is -0.810. The van der Waals surface area contributed by atoms with Crippen molar-refractivity contribution in [1.82, 2.24) is 15.5 Å². The van der Waals surface area contributed by atoms with Crippen molar-refractivity contribution in [2.75, 3.05) is 39.3 Å². The standard InChI is InChI=1S/C15H29N3O2/c1-15(2,6-3-13-4-7-16-8-5-13)20-14(19)18-11-9-17-10-12-18/h13,16-17H,3-12H2,1-2H3. The second kappa shape index (κ2) is 7.27. The molecule has 5 nitrogen and oxygen atoms in total. The Bertz CT molecular complexity index is 308. The van der Waals surface area contributed by atoms with Gasteiger partial charge in [0, 0.05) is 26.2 Å². The Morgan fingerprint density at radius 3 is 2.40 bits per heavy atom. The van der Waals surface area contributed by atoms with E-state index < -0.39 is 0 Å². The van der Waals surface area contributed by atoms with E-state index in [9.17, 15) is 4.79 Å². The molecular weight excluding hydrogens is 254 g/mol. The van der Waals surface area contributed by atoms with Gasteiger partial charge in [0.15, 0.2) is 0 Å². The van der Waals surface area contributed by atoms with E-state index in [1.807, 2.05) is 18.7 Å². The van der Waals surface area contributed by atoms with Gasteiger partial charge in [0.25, 0.3) is 0 Å². The number of amides is 1. The maximum Gasteiger partial charge on any atom is 0.410 e. The molecule has 0 atom stereocenters. The third-order valence-corrected chi connectivity index (χ3v) is 4.35. The number of rotatable bonds is 4. The molecule has 2 heterocycles. The van der Waals surface area contributed by atoms with Gasteiger partial charge in [-0.1, -0.05) is 0 Å². The highest BCUT2D eigenvalue weighted by Crippen LogP contribution is 2.25. The second-order valence-electron chi connectivity index (χ2n) is 6.60. The van der Waals surface area contributed by atoms with Crippen LogP contribution in [-0.2, 0) is 4.74 Å². The minimum Gasteiger partial charge on any atom is -0.443 e. The third-order valence-electron chi connectivity index (χ3n) is 4.35. The fourth-order valence-electron chi connectivity index (χ4n) is 2.92. The molecule has 2 aliphatic heterocycles. The Labute approximate surface area is 122 Å². The molecule has 0 radical (unpaired) electrons. The number of nitrogens with one attached hydrogen (secondary N) is 2. The molecule has 0 aromatic heterocycles. The van der Waals surface area contributed by atoms with E-state index in [4.69, 9.17) is 4.74 Å². The smallest absolute Gasteiger partial charge is 0.410 e. The van der Waals surface area contributed by atoms with Crippen molar-refractivity contribution in [2.45, 2.75) is 45.1 Å². The summed E-state index contributed by atoms with van der Waals surface area (Å²) in [6, 6.07) is 0. The number of piperazine rings is 1. The molecule has 0 bridgehead atoms. The first-order chi connectivity index (χ1) is 9.57. The molecule has 2 N–H and O–H groups in total. The zero-order chi connectivity index (χ0) is 14.4. The number of piperidine rings is 1.